The van der Waals surface area contributed by atoms with Crippen molar-refractivity contribution in [1.82, 2.24) is 39.5 Å². The van der Waals surface area contributed by atoms with Gasteiger partial charge in [-0.2, -0.15) is 9.73 Å². The summed E-state index contributed by atoms with van der Waals surface area (Å²) in [4.78, 5) is 66.8. The molecule has 2 aromatic carbocycles. The number of hydrogen-bond acceptors (Lipinski definition) is 12. The number of likely N-dealkylation sites (N-methyl/N-ethyl adjacent to an activating group) is 1. The van der Waals surface area contributed by atoms with Crippen molar-refractivity contribution in [3.8, 4) is 28.1 Å². The highest BCUT2D eigenvalue weighted by Crippen LogP contribution is 2.40. The average Bonchev–Trinajstić information content (AvgIpc) is 3.88. The molecule has 2 fully saturated rings. The number of aromatic nitrogens is 3. The van der Waals surface area contributed by atoms with Crippen molar-refractivity contribution in [2.24, 2.45) is 17.3 Å². The maximum atomic E-state index is 14.7. The number of esters is 1. The first-order chi connectivity index (χ1) is 30.3. The molecule has 18 heteroatoms. The number of nitrogens with zero attached hydrogens (tertiary/aromatic N) is 6. The fraction of sp³-hybridized carbons (Fsp3) is 0.478. The van der Waals surface area contributed by atoms with Gasteiger partial charge >= 0.3 is 5.97 Å². The molecule has 0 radical (unpaired) electrons. The van der Waals surface area contributed by atoms with Gasteiger partial charge in [0.15, 0.2) is 0 Å². The van der Waals surface area contributed by atoms with E-state index < -0.39 is 68.8 Å². The molecule has 17 nitrogen and oxygen atoms in total. The third-order valence-corrected chi connectivity index (χ3v) is 14.0. The lowest BCUT2D eigenvalue weighted by atomic mass is 9.84. The van der Waals surface area contributed by atoms with Crippen LogP contribution < -0.4 is 10.7 Å². The number of sulfonamides is 1. The van der Waals surface area contributed by atoms with Crippen LogP contribution in [0, 0.1) is 17.3 Å². The van der Waals surface area contributed by atoms with Gasteiger partial charge in [0.05, 0.1) is 18.2 Å². The number of carbonyl (C=O) groups is 4. The van der Waals surface area contributed by atoms with Crippen molar-refractivity contribution in [2.45, 2.75) is 91.1 Å². The van der Waals surface area contributed by atoms with Crippen LogP contribution in [0.25, 0.3) is 33.3 Å². The molecule has 64 heavy (non-hydrogen) atoms. The minimum Gasteiger partial charge on any atom is -0.508 e. The number of ether oxygens (including phenoxy) is 1. The summed E-state index contributed by atoms with van der Waals surface area (Å²) in [6.45, 7) is 13.6. The van der Waals surface area contributed by atoms with Gasteiger partial charge in [-0.05, 0) is 78.6 Å². The van der Waals surface area contributed by atoms with Crippen LogP contribution in [-0.4, -0.2) is 122 Å². The highest BCUT2D eigenvalue weighted by atomic mass is 32.2. The molecule has 3 aliphatic heterocycles. The summed E-state index contributed by atoms with van der Waals surface area (Å²) >= 11 is 0. The quantitative estimate of drug-likeness (QED) is 0.177. The maximum Gasteiger partial charge on any atom is 0.355 e. The lowest BCUT2D eigenvalue weighted by molar-refractivity contribution is -0.189. The van der Waals surface area contributed by atoms with E-state index in [-0.39, 0.29) is 57.7 Å². The molecular formula is C46H58N8O9S. The summed E-state index contributed by atoms with van der Waals surface area (Å²) in [6.07, 6.45) is 5.75. The van der Waals surface area contributed by atoms with Crippen molar-refractivity contribution in [2.75, 3.05) is 33.3 Å². The molecule has 3 amide bonds. The van der Waals surface area contributed by atoms with E-state index in [0.717, 1.165) is 43.7 Å². The van der Waals surface area contributed by atoms with E-state index in [1.165, 1.54) is 28.6 Å². The molecule has 6 bridgehead atoms. The molecule has 5 heterocycles. The van der Waals surface area contributed by atoms with E-state index in [2.05, 4.69) is 44.8 Å². The van der Waals surface area contributed by atoms with Crippen molar-refractivity contribution >= 4 is 44.6 Å². The first kappa shape index (κ1) is 46.3. The number of hydrogen-bond donors (Lipinski definition) is 4. The number of phenolic OH excluding ortho intramolecular Hbond substituents is 1. The summed E-state index contributed by atoms with van der Waals surface area (Å²) in [6, 6.07) is 8.63. The molecule has 4 aromatic rings. The van der Waals surface area contributed by atoms with Gasteiger partial charge in [-0.25, -0.2) is 23.2 Å². The fourth-order valence-corrected chi connectivity index (χ4v) is 10.3. The summed E-state index contributed by atoms with van der Waals surface area (Å²) < 4.78 is 34.2. The number of rotatable bonds is 9. The van der Waals surface area contributed by atoms with Crippen molar-refractivity contribution < 1.29 is 42.5 Å². The Morgan fingerprint density at radius 1 is 1.09 bits per heavy atom. The monoisotopic (exact) mass is 898 g/mol. The van der Waals surface area contributed by atoms with Gasteiger partial charge < -0.3 is 29.7 Å². The second-order valence-electron chi connectivity index (χ2n) is 18.3. The molecule has 0 aliphatic carbocycles. The Balaban J connectivity index is 1.29. The zero-order chi connectivity index (χ0) is 46.3. The van der Waals surface area contributed by atoms with Crippen LogP contribution in [0.15, 0.2) is 67.1 Å². The van der Waals surface area contributed by atoms with Gasteiger partial charge in [-0.15, -0.1) is 0 Å². The summed E-state index contributed by atoms with van der Waals surface area (Å²) in [5.74, 6) is -3.92. The topological polar surface area (TPSA) is 217 Å². The number of aliphatic hydroxyl groups is 1. The van der Waals surface area contributed by atoms with Crippen molar-refractivity contribution in [1.29, 1.82) is 0 Å². The Morgan fingerprint density at radius 3 is 2.52 bits per heavy atom. The van der Waals surface area contributed by atoms with E-state index in [1.54, 1.807) is 32.3 Å². The number of aryl methyl sites for hydroxylation is 1. The maximum absolute atomic E-state index is 14.7. The summed E-state index contributed by atoms with van der Waals surface area (Å²) in [5, 5.41) is 28.8. The molecule has 4 atom stereocenters. The Kier molecular flexibility index (Phi) is 13.1. The number of amides is 3. The first-order valence-corrected chi connectivity index (χ1v) is 23.2. The van der Waals surface area contributed by atoms with E-state index in [9.17, 15) is 37.8 Å². The molecule has 342 valence electrons. The predicted octanol–water partition coefficient (Wildman–Crippen LogP) is 3.74. The van der Waals surface area contributed by atoms with Crippen LogP contribution >= 0.6 is 0 Å². The summed E-state index contributed by atoms with van der Waals surface area (Å²) in [7, 11) is -2.26. The van der Waals surface area contributed by atoms with Crippen LogP contribution in [0.1, 0.15) is 65.0 Å². The number of aromatic hydroxyl groups is 1. The van der Waals surface area contributed by atoms with E-state index in [1.807, 2.05) is 32.0 Å². The normalized spacial score (nSPS) is 22.5. The second-order valence-corrected chi connectivity index (χ2v) is 20.1. The predicted molar refractivity (Wildman–Crippen MR) is 239 cm³/mol. The molecule has 0 saturated carbocycles. The number of fused-ring (bicyclic) bond motifs is 6. The van der Waals surface area contributed by atoms with Crippen LogP contribution in [0.5, 0.6) is 5.75 Å². The Labute approximate surface area is 373 Å². The molecule has 4 N–H and O–H groups in total. The lowest BCUT2D eigenvalue weighted by Crippen LogP contribution is -2.67. The SMILES string of the molecule is C=CS(=O)(=O)N1CC[C@H](C(=O)N(C)[C@H](C(=O)N[C@H]2Cc3cc(O)cc(c3)-c3ccc4c(c3)c(c(-c3cncnc3)n4CC)CC(C)(C)COC(=O)[C@@]3(O)CCCN(N3)C2=O)C(C)C)C1. The number of cyclic esters (lactones) is 1. The smallest absolute Gasteiger partial charge is 0.355 e. The van der Waals surface area contributed by atoms with Gasteiger partial charge in [0.1, 0.15) is 24.2 Å². The number of carbonyl (C=O) groups excluding carboxylic acids is 4. The molecule has 0 unspecified atom stereocenters. The standard InChI is InChI=1S/C46H58N8O9S/c1-8-53-38-12-11-30-21-35(38)36(40(53)33-23-47-27-48-24-33)22-45(5,6)26-63-44(59)46(60)14-10-15-54(50-46)43(58)37(19-29-17-32(30)20-34(55)18-29)49-41(56)39(28(3)4)51(7)42(57)31-13-16-52(25-31)64(61,62)9-2/h9,11-12,17-18,20-21,23-24,27-28,31,37,39,50,55,60H,2,8,10,13-16,19,22,25-26H2,1,3-7H3,(H,49,56)/t31-,37-,39-,46-/m0/s1. The number of phenols is 1. The highest BCUT2D eigenvalue weighted by Gasteiger charge is 2.46. The van der Waals surface area contributed by atoms with Gasteiger partial charge in [0.2, 0.25) is 27.6 Å². The largest absolute Gasteiger partial charge is 0.508 e. The Bertz CT molecular complexity index is 2580. The molecule has 2 aromatic heterocycles. The summed E-state index contributed by atoms with van der Waals surface area (Å²) in [5.41, 5.74) is 5.36. The third-order valence-electron chi connectivity index (χ3n) is 12.5. The van der Waals surface area contributed by atoms with Crippen LogP contribution in [0.3, 0.4) is 0 Å². The van der Waals surface area contributed by atoms with Gasteiger partial charge in [0.25, 0.3) is 5.91 Å². The molecule has 7 rings (SSSR count). The second kappa shape index (κ2) is 18.1. The minimum absolute atomic E-state index is 0.0526. The van der Waals surface area contributed by atoms with E-state index >= 15 is 0 Å². The minimum atomic E-state index is -3.75. The van der Waals surface area contributed by atoms with E-state index in [0.29, 0.717) is 24.1 Å². The first-order valence-electron chi connectivity index (χ1n) is 21.7. The van der Waals surface area contributed by atoms with Crippen LogP contribution in [0.2, 0.25) is 0 Å². The lowest BCUT2D eigenvalue weighted by Gasteiger charge is -2.40. The fourth-order valence-electron chi connectivity index (χ4n) is 9.37. The molecule has 3 aliphatic rings. The van der Waals surface area contributed by atoms with Gasteiger partial charge in [0, 0.05) is 85.8 Å². The van der Waals surface area contributed by atoms with E-state index in [4.69, 9.17) is 4.74 Å². The van der Waals surface area contributed by atoms with Gasteiger partial charge in [-0.1, -0.05) is 46.4 Å². The number of nitrogens with one attached hydrogen (secondary N) is 2. The zero-order valence-electron chi connectivity index (χ0n) is 37.2. The van der Waals surface area contributed by atoms with Crippen LogP contribution in [-0.2, 0) is 53.3 Å². The molecule has 2 saturated heterocycles. The molecule has 0 spiro atoms. The Hall–Kier alpha value is -5.69. The zero-order valence-corrected chi connectivity index (χ0v) is 38.0. The van der Waals surface area contributed by atoms with Crippen LogP contribution in [0.4, 0.5) is 0 Å². The van der Waals surface area contributed by atoms with Crippen molar-refractivity contribution in [3.05, 3.63) is 78.2 Å². The Morgan fingerprint density at radius 2 is 1.83 bits per heavy atom. The third kappa shape index (κ3) is 9.27. The number of benzene rings is 2. The number of hydrazine groups is 1. The molecular weight excluding hydrogens is 841 g/mol. The average molecular weight is 899 g/mol. The van der Waals surface area contributed by atoms with Gasteiger partial charge in [-0.3, -0.25) is 19.4 Å². The van der Waals surface area contributed by atoms with Crippen molar-refractivity contribution in [3.63, 3.8) is 0 Å². The highest BCUT2D eigenvalue weighted by molar-refractivity contribution is 7.92.